The summed E-state index contributed by atoms with van der Waals surface area (Å²) >= 11 is 1.81. The maximum absolute atomic E-state index is 4.47. The Balaban J connectivity index is 2.88. The molecular weight excluding hydrogens is 260 g/mol. The molecule has 1 unspecified atom stereocenters. The van der Waals surface area contributed by atoms with Crippen LogP contribution in [-0.2, 0) is 0 Å². The fourth-order valence-electron chi connectivity index (χ4n) is 1.52. The summed E-state index contributed by atoms with van der Waals surface area (Å²) in [5.74, 6) is 1.93. The van der Waals surface area contributed by atoms with Gasteiger partial charge in [-0.15, -0.1) is 0 Å². The molecule has 0 aromatic carbocycles. The Kier molecular flexibility index (Phi) is 6.69. The maximum Gasteiger partial charge on any atom is 0.231 e. The van der Waals surface area contributed by atoms with Crippen molar-refractivity contribution in [3.63, 3.8) is 0 Å². The molecule has 0 bridgehead atoms. The first-order valence-electron chi connectivity index (χ1n) is 6.60. The smallest absolute Gasteiger partial charge is 0.231 e. The third kappa shape index (κ3) is 4.74. The molecule has 6 nitrogen and oxygen atoms in total. The van der Waals surface area contributed by atoms with Crippen LogP contribution in [0.15, 0.2) is 0 Å². The molecule has 0 saturated heterocycles. The van der Waals surface area contributed by atoms with Crippen molar-refractivity contribution in [3.8, 4) is 0 Å². The van der Waals surface area contributed by atoms with Crippen LogP contribution in [0.25, 0.3) is 0 Å². The van der Waals surface area contributed by atoms with Gasteiger partial charge >= 0.3 is 0 Å². The number of hydrogen-bond acceptors (Lipinski definition) is 7. The number of nitrogens with zero attached hydrogens (tertiary/aromatic N) is 4. The highest BCUT2D eigenvalue weighted by Gasteiger charge is 2.10. The maximum atomic E-state index is 4.47. The molecule has 0 amide bonds. The molecule has 0 spiro atoms. The Morgan fingerprint density at radius 3 is 2.32 bits per heavy atom. The van der Waals surface area contributed by atoms with Crippen molar-refractivity contribution >= 4 is 29.6 Å². The third-order valence-corrected chi connectivity index (χ3v) is 3.81. The average molecular weight is 284 g/mol. The van der Waals surface area contributed by atoms with Crippen LogP contribution in [-0.4, -0.2) is 53.1 Å². The highest BCUT2D eigenvalue weighted by molar-refractivity contribution is 7.99. The number of anilines is 3. The van der Waals surface area contributed by atoms with Gasteiger partial charge in [-0.05, 0) is 20.1 Å². The van der Waals surface area contributed by atoms with Gasteiger partial charge in [-0.3, -0.25) is 0 Å². The standard InChI is InChI=1S/C12H24N6S/c1-6-18(7-2)12-16-10(13-4)15-11(17-12)14-8-9(3)19-5/h9H,6-8H2,1-5H3,(H2,13,14,15,16,17). The number of thioether (sulfide) groups is 1. The summed E-state index contributed by atoms with van der Waals surface area (Å²) in [5.41, 5.74) is 0. The zero-order valence-electron chi connectivity index (χ0n) is 12.4. The minimum atomic E-state index is 0.520. The third-order valence-electron chi connectivity index (χ3n) is 2.84. The zero-order chi connectivity index (χ0) is 14.3. The molecule has 0 radical (unpaired) electrons. The fraction of sp³-hybridized carbons (Fsp3) is 0.750. The molecule has 1 atom stereocenters. The van der Waals surface area contributed by atoms with Crippen molar-refractivity contribution in [2.45, 2.75) is 26.0 Å². The van der Waals surface area contributed by atoms with Gasteiger partial charge in [-0.1, -0.05) is 6.92 Å². The normalized spacial score (nSPS) is 12.1. The van der Waals surface area contributed by atoms with Gasteiger partial charge in [0.05, 0.1) is 0 Å². The molecule has 7 heteroatoms. The van der Waals surface area contributed by atoms with Crippen LogP contribution in [0.2, 0.25) is 0 Å². The van der Waals surface area contributed by atoms with Gasteiger partial charge in [0.15, 0.2) is 0 Å². The quantitative estimate of drug-likeness (QED) is 0.756. The molecule has 0 aliphatic rings. The molecule has 1 heterocycles. The fourth-order valence-corrected chi connectivity index (χ4v) is 1.77. The second-order valence-corrected chi connectivity index (χ2v) is 5.41. The van der Waals surface area contributed by atoms with Crippen LogP contribution in [0.1, 0.15) is 20.8 Å². The minimum absolute atomic E-state index is 0.520. The van der Waals surface area contributed by atoms with Crippen LogP contribution in [0.4, 0.5) is 17.8 Å². The monoisotopic (exact) mass is 284 g/mol. The van der Waals surface area contributed by atoms with Crippen LogP contribution in [0, 0.1) is 0 Å². The SMILES string of the molecule is CCN(CC)c1nc(NC)nc(NCC(C)SC)n1. The van der Waals surface area contributed by atoms with E-state index in [0.29, 0.717) is 23.1 Å². The van der Waals surface area contributed by atoms with Crippen molar-refractivity contribution < 1.29 is 0 Å². The topological polar surface area (TPSA) is 66.0 Å². The summed E-state index contributed by atoms with van der Waals surface area (Å²) in [7, 11) is 1.82. The molecule has 108 valence electrons. The Bertz CT molecular complexity index is 382. The summed E-state index contributed by atoms with van der Waals surface area (Å²) in [6.45, 7) is 8.95. The lowest BCUT2D eigenvalue weighted by Gasteiger charge is -2.19. The molecule has 19 heavy (non-hydrogen) atoms. The van der Waals surface area contributed by atoms with E-state index in [1.165, 1.54) is 0 Å². The lowest BCUT2D eigenvalue weighted by molar-refractivity contribution is 0.812. The van der Waals surface area contributed by atoms with E-state index in [1.807, 2.05) is 18.8 Å². The predicted octanol–water partition coefficient (Wildman–Crippen LogP) is 1.92. The van der Waals surface area contributed by atoms with Gasteiger partial charge in [-0.2, -0.15) is 26.7 Å². The minimum Gasteiger partial charge on any atom is -0.357 e. The van der Waals surface area contributed by atoms with E-state index in [1.54, 1.807) is 0 Å². The zero-order valence-corrected chi connectivity index (χ0v) is 13.2. The van der Waals surface area contributed by atoms with Crippen LogP contribution < -0.4 is 15.5 Å². The second kappa shape index (κ2) is 8.04. The van der Waals surface area contributed by atoms with Crippen molar-refractivity contribution in [3.05, 3.63) is 0 Å². The van der Waals surface area contributed by atoms with Gasteiger partial charge in [0.1, 0.15) is 0 Å². The van der Waals surface area contributed by atoms with Gasteiger partial charge in [-0.25, -0.2) is 0 Å². The van der Waals surface area contributed by atoms with Crippen molar-refractivity contribution in [2.75, 3.05) is 48.5 Å². The number of hydrogen-bond donors (Lipinski definition) is 2. The first kappa shape index (κ1) is 15.8. The van der Waals surface area contributed by atoms with Crippen LogP contribution in [0.3, 0.4) is 0 Å². The molecule has 1 rings (SSSR count). The van der Waals surface area contributed by atoms with E-state index in [2.05, 4.69) is 57.5 Å². The van der Waals surface area contributed by atoms with Crippen molar-refractivity contribution in [1.82, 2.24) is 15.0 Å². The largest absolute Gasteiger partial charge is 0.357 e. The summed E-state index contributed by atoms with van der Waals surface area (Å²) < 4.78 is 0. The van der Waals surface area contributed by atoms with Gasteiger partial charge in [0, 0.05) is 31.9 Å². The Morgan fingerprint density at radius 2 is 1.79 bits per heavy atom. The van der Waals surface area contributed by atoms with Gasteiger partial charge < -0.3 is 15.5 Å². The number of nitrogens with one attached hydrogen (secondary N) is 2. The van der Waals surface area contributed by atoms with E-state index in [9.17, 15) is 0 Å². The number of rotatable bonds is 8. The molecule has 2 N–H and O–H groups in total. The lowest BCUT2D eigenvalue weighted by Crippen LogP contribution is -2.25. The first-order valence-corrected chi connectivity index (χ1v) is 7.88. The van der Waals surface area contributed by atoms with Crippen LogP contribution >= 0.6 is 11.8 Å². The van der Waals surface area contributed by atoms with E-state index >= 15 is 0 Å². The summed E-state index contributed by atoms with van der Waals surface area (Å²) in [4.78, 5) is 15.3. The summed E-state index contributed by atoms with van der Waals surface area (Å²) in [5, 5.41) is 6.76. The molecule has 0 saturated carbocycles. The Labute approximate surface area is 119 Å². The molecule has 0 fully saturated rings. The first-order chi connectivity index (χ1) is 9.14. The van der Waals surface area contributed by atoms with Crippen molar-refractivity contribution in [1.29, 1.82) is 0 Å². The molecule has 0 aliphatic carbocycles. The van der Waals surface area contributed by atoms with Gasteiger partial charge in [0.25, 0.3) is 0 Å². The van der Waals surface area contributed by atoms with Crippen LogP contribution in [0.5, 0.6) is 0 Å². The van der Waals surface area contributed by atoms with E-state index in [4.69, 9.17) is 0 Å². The van der Waals surface area contributed by atoms with E-state index in [-0.39, 0.29) is 0 Å². The second-order valence-electron chi connectivity index (χ2n) is 4.13. The van der Waals surface area contributed by atoms with E-state index < -0.39 is 0 Å². The van der Waals surface area contributed by atoms with E-state index in [0.717, 1.165) is 19.6 Å². The Hall–Kier alpha value is -1.24. The Morgan fingerprint density at radius 1 is 1.16 bits per heavy atom. The average Bonchev–Trinajstić information content (AvgIpc) is 2.45. The number of aromatic nitrogens is 3. The highest BCUT2D eigenvalue weighted by atomic mass is 32.2. The highest BCUT2D eigenvalue weighted by Crippen LogP contribution is 2.14. The lowest BCUT2D eigenvalue weighted by atomic mass is 10.5. The summed E-state index contributed by atoms with van der Waals surface area (Å²) in [6.07, 6.45) is 2.10. The molecule has 1 aromatic heterocycles. The predicted molar refractivity (Wildman–Crippen MR) is 84.4 cm³/mol. The van der Waals surface area contributed by atoms with Gasteiger partial charge in [0.2, 0.25) is 17.8 Å². The molecular formula is C12H24N6S. The van der Waals surface area contributed by atoms with Crippen molar-refractivity contribution in [2.24, 2.45) is 0 Å². The molecule has 1 aromatic rings. The molecule has 0 aliphatic heterocycles. The summed E-state index contributed by atoms with van der Waals surface area (Å²) in [6, 6.07) is 0.